The average molecular weight is 308 g/mol. The Labute approximate surface area is 133 Å². The number of likely N-dealkylation sites (N-methyl/N-ethyl adjacent to an activating group) is 1. The largest absolute Gasteiger partial charge is 0.309 e. The number of hydrogen-bond acceptors (Lipinski definition) is 4. The quantitative estimate of drug-likeness (QED) is 0.872. The highest BCUT2D eigenvalue weighted by Crippen LogP contribution is 2.26. The van der Waals surface area contributed by atoms with Crippen molar-refractivity contribution in [3.8, 4) is 0 Å². The van der Waals surface area contributed by atoms with E-state index in [2.05, 4.69) is 42.1 Å². The van der Waals surface area contributed by atoms with Crippen LogP contribution >= 0.6 is 11.3 Å². The zero-order valence-corrected chi connectivity index (χ0v) is 14.5. The first kappa shape index (κ1) is 15.5. The van der Waals surface area contributed by atoms with E-state index >= 15 is 0 Å². The van der Waals surface area contributed by atoms with Crippen LogP contribution in [0.1, 0.15) is 41.5 Å². The maximum Gasteiger partial charge on any atom is 0.0302 e. The van der Waals surface area contributed by atoms with Gasteiger partial charge in [-0.1, -0.05) is 6.92 Å². The van der Waals surface area contributed by atoms with Crippen molar-refractivity contribution in [1.29, 1.82) is 0 Å². The Balaban J connectivity index is 1.56. The van der Waals surface area contributed by atoms with E-state index < -0.39 is 0 Å². The molecule has 3 rings (SSSR count). The molecule has 118 valence electrons. The van der Waals surface area contributed by atoms with Crippen molar-refractivity contribution in [2.75, 3.05) is 26.7 Å². The van der Waals surface area contributed by atoms with Gasteiger partial charge < -0.3 is 10.2 Å². The van der Waals surface area contributed by atoms with E-state index in [9.17, 15) is 0 Å². The third-order valence-electron chi connectivity index (χ3n) is 4.94. The second kappa shape index (κ2) is 6.78. The summed E-state index contributed by atoms with van der Waals surface area (Å²) >= 11 is 1.98. The lowest BCUT2D eigenvalue weighted by Crippen LogP contribution is -2.50. The maximum absolute atomic E-state index is 3.63. The molecule has 2 aliphatic rings. The molecular formula is C17H29N3S. The van der Waals surface area contributed by atoms with Gasteiger partial charge in [-0.3, -0.25) is 4.90 Å². The molecule has 21 heavy (non-hydrogen) atoms. The van der Waals surface area contributed by atoms with E-state index in [-0.39, 0.29) is 0 Å². The van der Waals surface area contributed by atoms with Gasteiger partial charge in [0.05, 0.1) is 0 Å². The van der Waals surface area contributed by atoms with Crippen molar-refractivity contribution in [2.24, 2.45) is 0 Å². The van der Waals surface area contributed by atoms with Crippen LogP contribution in [-0.2, 0) is 13.1 Å². The third-order valence-corrected chi connectivity index (χ3v) is 6.03. The maximum atomic E-state index is 3.63. The summed E-state index contributed by atoms with van der Waals surface area (Å²) in [6.07, 6.45) is 4.00. The molecule has 2 heterocycles. The minimum absolute atomic E-state index is 0.730. The number of rotatable bonds is 6. The molecule has 0 amide bonds. The average Bonchev–Trinajstić information content (AvgIpc) is 3.24. The fourth-order valence-corrected chi connectivity index (χ4v) is 4.20. The van der Waals surface area contributed by atoms with Crippen molar-refractivity contribution >= 4 is 11.3 Å². The number of hydrogen-bond donors (Lipinski definition) is 1. The molecule has 1 saturated carbocycles. The molecule has 1 atom stereocenters. The SMILES string of the molecule is CCC1CN(Cc2cc(CNC3CC3)sc2C)CCN1C. The van der Waals surface area contributed by atoms with Gasteiger partial charge in [0.15, 0.2) is 0 Å². The summed E-state index contributed by atoms with van der Waals surface area (Å²) < 4.78 is 0. The second-order valence-corrected chi connectivity index (χ2v) is 8.07. The van der Waals surface area contributed by atoms with Crippen LogP contribution in [0, 0.1) is 6.92 Å². The molecule has 0 radical (unpaired) electrons. The van der Waals surface area contributed by atoms with Gasteiger partial charge >= 0.3 is 0 Å². The van der Waals surface area contributed by atoms with Crippen LogP contribution in [-0.4, -0.2) is 48.6 Å². The van der Waals surface area contributed by atoms with Gasteiger partial charge in [0.25, 0.3) is 0 Å². The fourth-order valence-electron chi connectivity index (χ4n) is 3.20. The van der Waals surface area contributed by atoms with Crippen LogP contribution in [0.4, 0.5) is 0 Å². The molecule has 1 unspecified atom stereocenters. The van der Waals surface area contributed by atoms with E-state index in [1.807, 2.05) is 11.3 Å². The normalized spacial score (nSPS) is 24.6. The molecule has 1 N–H and O–H groups in total. The Morgan fingerprint density at radius 3 is 2.86 bits per heavy atom. The molecule has 0 spiro atoms. The van der Waals surface area contributed by atoms with E-state index in [0.717, 1.165) is 25.2 Å². The summed E-state index contributed by atoms with van der Waals surface area (Å²) in [5, 5.41) is 3.63. The lowest BCUT2D eigenvalue weighted by Gasteiger charge is -2.39. The van der Waals surface area contributed by atoms with Gasteiger partial charge in [-0.05, 0) is 44.9 Å². The predicted molar refractivity (Wildman–Crippen MR) is 90.9 cm³/mol. The van der Waals surface area contributed by atoms with Crippen molar-refractivity contribution in [3.63, 3.8) is 0 Å². The van der Waals surface area contributed by atoms with Gasteiger partial charge in [0.1, 0.15) is 0 Å². The highest BCUT2D eigenvalue weighted by atomic mass is 32.1. The Kier molecular flexibility index (Phi) is 4.99. The van der Waals surface area contributed by atoms with Crippen LogP contribution < -0.4 is 5.32 Å². The summed E-state index contributed by atoms with van der Waals surface area (Å²) in [6, 6.07) is 3.97. The lowest BCUT2D eigenvalue weighted by molar-refractivity contribution is 0.0883. The van der Waals surface area contributed by atoms with E-state index in [0.29, 0.717) is 0 Å². The summed E-state index contributed by atoms with van der Waals surface area (Å²) in [4.78, 5) is 8.17. The van der Waals surface area contributed by atoms with Crippen LogP contribution in [0.15, 0.2) is 6.07 Å². The summed E-state index contributed by atoms with van der Waals surface area (Å²) in [5.74, 6) is 0. The highest BCUT2D eigenvalue weighted by Gasteiger charge is 2.24. The lowest BCUT2D eigenvalue weighted by atomic mass is 10.1. The third kappa shape index (κ3) is 4.07. The monoisotopic (exact) mass is 307 g/mol. The molecular weight excluding hydrogens is 278 g/mol. The summed E-state index contributed by atoms with van der Waals surface area (Å²) in [5.41, 5.74) is 1.55. The first-order valence-electron chi connectivity index (χ1n) is 8.40. The van der Waals surface area contributed by atoms with E-state index in [4.69, 9.17) is 0 Å². The fraction of sp³-hybridized carbons (Fsp3) is 0.765. The summed E-state index contributed by atoms with van der Waals surface area (Å²) in [7, 11) is 2.27. The van der Waals surface area contributed by atoms with Crippen molar-refractivity contribution in [2.45, 2.75) is 58.3 Å². The minimum Gasteiger partial charge on any atom is -0.309 e. The Hall–Kier alpha value is -0.420. The number of piperazine rings is 1. The molecule has 0 bridgehead atoms. The molecule has 1 saturated heterocycles. The number of aryl methyl sites for hydroxylation is 1. The van der Waals surface area contributed by atoms with E-state index in [1.54, 1.807) is 5.56 Å². The van der Waals surface area contributed by atoms with Crippen LogP contribution in [0.25, 0.3) is 0 Å². The standard InChI is InChI=1S/C17H29N3S/c1-4-16-12-20(8-7-19(16)3)11-14-9-17(21-13(14)2)10-18-15-5-6-15/h9,15-16,18H,4-8,10-12H2,1-3H3. The highest BCUT2D eigenvalue weighted by molar-refractivity contribution is 7.12. The first-order valence-corrected chi connectivity index (χ1v) is 9.21. The zero-order chi connectivity index (χ0) is 14.8. The van der Waals surface area contributed by atoms with Gasteiger partial charge in [-0.2, -0.15) is 0 Å². The molecule has 1 aliphatic heterocycles. The molecule has 2 fully saturated rings. The Morgan fingerprint density at radius 2 is 2.14 bits per heavy atom. The Bertz CT molecular complexity index is 467. The smallest absolute Gasteiger partial charge is 0.0302 e. The number of thiophene rings is 1. The van der Waals surface area contributed by atoms with Crippen LogP contribution in [0.3, 0.4) is 0 Å². The predicted octanol–water partition coefficient (Wildman–Crippen LogP) is 2.83. The molecule has 0 aromatic carbocycles. The Morgan fingerprint density at radius 1 is 1.33 bits per heavy atom. The minimum atomic E-state index is 0.730. The molecule has 3 nitrogen and oxygen atoms in total. The van der Waals surface area contributed by atoms with Gasteiger partial charge in [-0.15, -0.1) is 11.3 Å². The van der Waals surface area contributed by atoms with Crippen LogP contribution in [0.2, 0.25) is 0 Å². The molecule has 1 aliphatic carbocycles. The van der Waals surface area contributed by atoms with Gasteiger partial charge in [-0.25, -0.2) is 0 Å². The van der Waals surface area contributed by atoms with Crippen molar-refractivity contribution in [3.05, 3.63) is 21.4 Å². The summed E-state index contributed by atoms with van der Waals surface area (Å²) in [6.45, 7) is 10.4. The van der Waals surface area contributed by atoms with E-state index in [1.165, 1.54) is 48.7 Å². The number of nitrogens with zero attached hydrogens (tertiary/aromatic N) is 2. The van der Waals surface area contributed by atoms with Crippen molar-refractivity contribution < 1.29 is 0 Å². The van der Waals surface area contributed by atoms with Gasteiger partial charge in [0.2, 0.25) is 0 Å². The molecule has 1 aromatic rings. The zero-order valence-electron chi connectivity index (χ0n) is 13.7. The van der Waals surface area contributed by atoms with Crippen LogP contribution in [0.5, 0.6) is 0 Å². The number of nitrogens with one attached hydrogen (secondary N) is 1. The molecule has 1 aromatic heterocycles. The second-order valence-electron chi connectivity index (χ2n) is 6.73. The topological polar surface area (TPSA) is 18.5 Å². The van der Waals surface area contributed by atoms with Crippen molar-refractivity contribution in [1.82, 2.24) is 15.1 Å². The molecule has 4 heteroatoms. The first-order chi connectivity index (χ1) is 10.2. The van der Waals surface area contributed by atoms with Gasteiger partial charge in [0, 0.05) is 54.6 Å².